The number of hydrogen-bond donors (Lipinski definition) is 2. The van der Waals surface area contributed by atoms with Crippen LogP contribution >= 0.6 is 0 Å². The summed E-state index contributed by atoms with van der Waals surface area (Å²) in [6.07, 6.45) is 2.14. The standard InChI is InChI=1S/C16H28N2O/c1-12(11-17)5-7-18-8-6-15-10-13(2)9-14(3)16(15)19-4/h9-10,12,18H,5-8,11,17H2,1-4H3. The van der Waals surface area contributed by atoms with Crippen LogP contribution < -0.4 is 15.8 Å². The van der Waals surface area contributed by atoms with Gasteiger partial charge in [-0.1, -0.05) is 24.6 Å². The van der Waals surface area contributed by atoms with Crippen molar-refractivity contribution in [3.05, 3.63) is 28.8 Å². The van der Waals surface area contributed by atoms with Gasteiger partial charge >= 0.3 is 0 Å². The van der Waals surface area contributed by atoms with E-state index in [1.165, 1.54) is 16.7 Å². The molecule has 0 amide bonds. The Morgan fingerprint density at radius 2 is 2.00 bits per heavy atom. The third-order valence-corrected chi connectivity index (χ3v) is 3.49. The van der Waals surface area contributed by atoms with Gasteiger partial charge in [0.2, 0.25) is 0 Å². The van der Waals surface area contributed by atoms with Gasteiger partial charge in [0.15, 0.2) is 0 Å². The lowest BCUT2D eigenvalue weighted by atomic mass is 10.0. The van der Waals surface area contributed by atoms with E-state index >= 15 is 0 Å². The lowest BCUT2D eigenvalue weighted by Gasteiger charge is -2.14. The zero-order valence-electron chi connectivity index (χ0n) is 12.8. The van der Waals surface area contributed by atoms with Crippen LogP contribution in [0.5, 0.6) is 5.75 Å². The first-order chi connectivity index (χ1) is 9.08. The molecule has 1 atom stereocenters. The van der Waals surface area contributed by atoms with Gasteiger partial charge in [0, 0.05) is 0 Å². The fourth-order valence-corrected chi connectivity index (χ4v) is 2.33. The smallest absolute Gasteiger partial charge is 0.125 e. The fourth-order valence-electron chi connectivity index (χ4n) is 2.33. The second-order valence-electron chi connectivity index (χ2n) is 5.40. The van der Waals surface area contributed by atoms with Crippen molar-refractivity contribution in [2.45, 2.75) is 33.6 Å². The molecule has 1 unspecified atom stereocenters. The highest BCUT2D eigenvalue weighted by Gasteiger charge is 2.07. The van der Waals surface area contributed by atoms with Gasteiger partial charge in [-0.15, -0.1) is 0 Å². The highest BCUT2D eigenvalue weighted by Crippen LogP contribution is 2.25. The van der Waals surface area contributed by atoms with Crippen molar-refractivity contribution in [2.75, 3.05) is 26.7 Å². The third kappa shape index (κ3) is 5.21. The Bertz CT molecular complexity index is 391. The van der Waals surface area contributed by atoms with Gasteiger partial charge in [-0.05, 0) is 63.4 Å². The van der Waals surface area contributed by atoms with Gasteiger partial charge in [-0.3, -0.25) is 0 Å². The number of benzene rings is 1. The Balaban J connectivity index is 2.45. The molecule has 0 fully saturated rings. The van der Waals surface area contributed by atoms with E-state index in [2.05, 4.69) is 38.2 Å². The lowest BCUT2D eigenvalue weighted by Crippen LogP contribution is -2.22. The molecule has 3 heteroatoms. The molecule has 108 valence electrons. The van der Waals surface area contributed by atoms with Crippen LogP contribution in [-0.4, -0.2) is 26.7 Å². The molecule has 1 aromatic rings. The Morgan fingerprint density at radius 1 is 1.26 bits per heavy atom. The molecule has 0 heterocycles. The Hall–Kier alpha value is -1.06. The molecule has 0 bridgehead atoms. The minimum absolute atomic E-state index is 0.600. The molecule has 1 aromatic carbocycles. The summed E-state index contributed by atoms with van der Waals surface area (Å²) in [4.78, 5) is 0. The summed E-state index contributed by atoms with van der Waals surface area (Å²) in [5.41, 5.74) is 9.41. The normalized spacial score (nSPS) is 12.5. The number of aryl methyl sites for hydroxylation is 2. The maximum Gasteiger partial charge on any atom is 0.125 e. The van der Waals surface area contributed by atoms with E-state index in [4.69, 9.17) is 10.5 Å². The summed E-state index contributed by atoms with van der Waals surface area (Å²) in [5.74, 6) is 1.63. The molecule has 0 aliphatic rings. The molecule has 1 rings (SSSR count). The minimum Gasteiger partial charge on any atom is -0.496 e. The Kier molecular flexibility index (Phi) is 6.89. The zero-order chi connectivity index (χ0) is 14.3. The number of nitrogens with one attached hydrogen (secondary N) is 1. The molecule has 0 radical (unpaired) electrons. The van der Waals surface area contributed by atoms with Crippen LogP contribution in [-0.2, 0) is 6.42 Å². The van der Waals surface area contributed by atoms with Gasteiger partial charge in [-0.2, -0.15) is 0 Å². The largest absolute Gasteiger partial charge is 0.496 e. The quantitative estimate of drug-likeness (QED) is 0.709. The van der Waals surface area contributed by atoms with E-state index in [-0.39, 0.29) is 0 Å². The van der Waals surface area contributed by atoms with Crippen LogP contribution in [0.1, 0.15) is 30.0 Å². The zero-order valence-corrected chi connectivity index (χ0v) is 12.8. The molecule has 0 aliphatic carbocycles. The van der Waals surface area contributed by atoms with Crippen LogP contribution in [0.15, 0.2) is 12.1 Å². The number of ether oxygens (including phenoxy) is 1. The van der Waals surface area contributed by atoms with Crippen LogP contribution in [0, 0.1) is 19.8 Å². The predicted octanol–water partition coefficient (Wildman–Crippen LogP) is 2.43. The van der Waals surface area contributed by atoms with E-state index in [0.29, 0.717) is 5.92 Å². The Morgan fingerprint density at radius 3 is 2.63 bits per heavy atom. The predicted molar refractivity (Wildman–Crippen MR) is 81.9 cm³/mol. The molecule has 0 aromatic heterocycles. The third-order valence-electron chi connectivity index (χ3n) is 3.49. The van der Waals surface area contributed by atoms with Crippen molar-refractivity contribution < 1.29 is 4.74 Å². The average molecular weight is 264 g/mol. The molecule has 0 aliphatic heterocycles. The maximum atomic E-state index is 5.60. The van der Waals surface area contributed by atoms with Crippen molar-refractivity contribution in [1.82, 2.24) is 5.32 Å². The van der Waals surface area contributed by atoms with E-state index in [1.807, 2.05) is 0 Å². The maximum absolute atomic E-state index is 5.60. The fraction of sp³-hybridized carbons (Fsp3) is 0.625. The van der Waals surface area contributed by atoms with E-state index < -0.39 is 0 Å². The van der Waals surface area contributed by atoms with Gasteiger partial charge in [0.25, 0.3) is 0 Å². The summed E-state index contributed by atoms with van der Waals surface area (Å²) in [6, 6.07) is 4.38. The first-order valence-corrected chi connectivity index (χ1v) is 7.13. The molecule has 0 spiro atoms. The number of methoxy groups -OCH3 is 1. The number of rotatable bonds is 8. The van der Waals surface area contributed by atoms with Crippen LogP contribution in [0.3, 0.4) is 0 Å². The molecular weight excluding hydrogens is 236 g/mol. The van der Waals surface area contributed by atoms with Gasteiger partial charge in [0.1, 0.15) is 5.75 Å². The van der Waals surface area contributed by atoms with Crippen molar-refractivity contribution in [3.63, 3.8) is 0 Å². The van der Waals surface area contributed by atoms with E-state index in [9.17, 15) is 0 Å². The monoisotopic (exact) mass is 264 g/mol. The minimum atomic E-state index is 0.600. The summed E-state index contributed by atoms with van der Waals surface area (Å²) in [5, 5.41) is 3.48. The summed E-state index contributed by atoms with van der Waals surface area (Å²) in [7, 11) is 1.75. The first-order valence-electron chi connectivity index (χ1n) is 7.13. The van der Waals surface area contributed by atoms with Gasteiger partial charge in [0.05, 0.1) is 7.11 Å². The highest BCUT2D eigenvalue weighted by atomic mass is 16.5. The summed E-state index contributed by atoms with van der Waals surface area (Å²) >= 11 is 0. The van der Waals surface area contributed by atoms with Gasteiger partial charge < -0.3 is 15.8 Å². The van der Waals surface area contributed by atoms with Crippen LogP contribution in [0.4, 0.5) is 0 Å². The second kappa shape index (κ2) is 8.18. The van der Waals surface area contributed by atoms with E-state index in [1.54, 1.807) is 7.11 Å². The molecule has 19 heavy (non-hydrogen) atoms. The Labute approximate surface area is 117 Å². The van der Waals surface area contributed by atoms with Crippen LogP contribution in [0.25, 0.3) is 0 Å². The number of nitrogens with two attached hydrogens (primary N) is 1. The molecular formula is C16H28N2O. The summed E-state index contributed by atoms with van der Waals surface area (Å²) in [6.45, 7) is 9.21. The van der Waals surface area contributed by atoms with Crippen molar-refractivity contribution >= 4 is 0 Å². The summed E-state index contributed by atoms with van der Waals surface area (Å²) < 4.78 is 5.50. The van der Waals surface area contributed by atoms with E-state index in [0.717, 1.165) is 38.2 Å². The van der Waals surface area contributed by atoms with Crippen molar-refractivity contribution in [1.29, 1.82) is 0 Å². The first kappa shape index (κ1) is 16.0. The molecule has 0 saturated carbocycles. The van der Waals surface area contributed by atoms with Crippen molar-refractivity contribution in [2.24, 2.45) is 11.7 Å². The molecule has 0 saturated heterocycles. The highest BCUT2D eigenvalue weighted by molar-refractivity contribution is 5.43. The topological polar surface area (TPSA) is 47.3 Å². The second-order valence-corrected chi connectivity index (χ2v) is 5.40. The molecule has 3 nitrogen and oxygen atoms in total. The van der Waals surface area contributed by atoms with Crippen molar-refractivity contribution in [3.8, 4) is 5.75 Å². The molecule has 3 N–H and O–H groups in total. The average Bonchev–Trinajstić information content (AvgIpc) is 2.37. The SMILES string of the molecule is COc1c(C)cc(C)cc1CCNCCC(C)CN. The van der Waals surface area contributed by atoms with Crippen LogP contribution in [0.2, 0.25) is 0 Å². The number of hydrogen-bond acceptors (Lipinski definition) is 3. The lowest BCUT2D eigenvalue weighted by molar-refractivity contribution is 0.405. The van der Waals surface area contributed by atoms with Gasteiger partial charge in [-0.25, -0.2) is 0 Å².